The first-order chi connectivity index (χ1) is 18.4. The van der Waals surface area contributed by atoms with Crippen LogP contribution in [0, 0.1) is 6.92 Å². The zero-order chi connectivity index (χ0) is 26.3. The van der Waals surface area contributed by atoms with Crippen molar-refractivity contribution >= 4 is 27.3 Å². The molecule has 6 rings (SSSR count). The molecule has 0 unspecified atom stereocenters. The third-order valence-electron chi connectivity index (χ3n) is 6.90. The second kappa shape index (κ2) is 9.71. The smallest absolute Gasteiger partial charge is 0.240 e. The van der Waals surface area contributed by atoms with Crippen LogP contribution in [0.4, 0.5) is 17.3 Å². The fourth-order valence-corrected chi connectivity index (χ4v) is 6.30. The number of hydrogen-bond acceptors (Lipinski definition) is 8. The van der Waals surface area contributed by atoms with Gasteiger partial charge in [-0.15, -0.1) is 0 Å². The summed E-state index contributed by atoms with van der Waals surface area (Å²) in [5, 5.41) is 11.8. The maximum Gasteiger partial charge on any atom is 0.240 e. The number of sulfonamides is 1. The molecular formula is C28H27N5O4S. The Morgan fingerprint density at radius 2 is 1.47 bits per heavy atom. The summed E-state index contributed by atoms with van der Waals surface area (Å²) in [5.74, 6) is 1.77. The highest BCUT2D eigenvalue weighted by Crippen LogP contribution is 2.48. The normalized spacial score (nSPS) is 20.8. The number of rotatable bonds is 5. The number of aromatic nitrogens is 2. The van der Waals surface area contributed by atoms with Crippen LogP contribution < -0.4 is 19.3 Å². The van der Waals surface area contributed by atoms with Gasteiger partial charge in [-0.2, -0.15) is 0 Å². The van der Waals surface area contributed by atoms with Gasteiger partial charge in [0.15, 0.2) is 11.5 Å². The van der Waals surface area contributed by atoms with Crippen molar-refractivity contribution in [1.29, 1.82) is 0 Å². The number of benzene rings is 3. The SMILES string of the molecule is Cc1ccc(S(=O)(=O)N[C@@H]2CN(c3ncccn3)C[C@H](N3c4ccccc4Oc4ccccc43)[C@H]2O)cc1. The van der Waals surface area contributed by atoms with Crippen molar-refractivity contribution in [2.45, 2.75) is 30.0 Å². The third kappa shape index (κ3) is 4.47. The molecule has 0 radical (unpaired) electrons. The Balaban J connectivity index is 1.42. The van der Waals surface area contributed by atoms with Crippen LogP contribution in [0.1, 0.15) is 5.56 Å². The maximum absolute atomic E-state index is 13.4. The van der Waals surface area contributed by atoms with Gasteiger partial charge in [0.05, 0.1) is 34.5 Å². The van der Waals surface area contributed by atoms with Crippen LogP contribution in [-0.4, -0.2) is 54.8 Å². The van der Waals surface area contributed by atoms with Crippen LogP contribution in [0.2, 0.25) is 0 Å². The third-order valence-corrected chi connectivity index (χ3v) is 8.41. The molecule has 0 amide bonds. The minimum Gasteiger partial charge on any atom is -0.453 e. The van der Waals surface area contributed by atoms with Crippen molar-refractivity contribution < 1.29 is 18.3 Å². The van der Waals surface area contributed by atoms with Crippen molar-refractivity contribution in [2.75, 3.05) is 22.9 Å². The fourth-order valence-electron chi connectivity index (χ4n) is 5.06. The summed E-state index contributed by atoms with van der Waals surface area (Å²) in [6.45, 7) is 2.45. The van der Waals surface area contributed by atoms with Crippen molar-refractivity contribution in [2.24, 2.45) is 0 Å². The topological polar surface area (TPSA) is 108 Å². The molecule has 3 aromatic carbocycles. The number of piperidine rings is 1. The van der Waals surface area contributed by atoms with Gasteiger partial charge in [-0.3, -0.25) is 0 Å². The standard InChI is InChI=1S/C28H27N5O4S/c1-19-11-13-20(14-12-19)38(35,36)31-21-17-32(28-29-15-6-16-30-28)18-24(27(21)34)33-22-7-2-4-9-25(22)37-26-10-5-3-8-23(26)33/h2-16,21,24,27,31,34H,17-18H2,1H3/t21-,24+,27+/m1/s1. The Kier molecular flexibility index (Phi) is 6.22. The summed E-state index contributed by atoms with van der Waals surface area (Å²) in [5.41, 5.74) is 2.52. The van der Waals surface area contributed by atoms with Crippen LogP contribution in [0.5, 0.6) is 11.5 Å². The number of fused-ring (bicyclic) bond motifs is 2. The minimum absolute atomic E-state index is 0.141. The summed E-state index contributed by atoms with van der Waals surface area (Å²) < 4.78 is 35.7. The number of aliphatic hydroxyl groups excluding tert-OH is 1. The predicted molar refractivity (Wildman–Crippen MR) is 144 cm³/mol. The molecule has 0 saturated carbocycles. The van der Waals surface area contributed by atoms with Gasteiger partial charge in [0, 0.05) is 25.5 Å². The molecule has 0 spiro atoms. The molecule has 9 nitrogen and oxygen atoms in total. The van der Waals surface area contributed by atoms with E-state index in [1.807, 2.05) is 65.3 Å². The minimum atomic E-state index is -3.91. The molecule has 2 N–H and O–H groups in total. The lowest BCUT2D eigenvalue weighted by Gasteiger charge is -2.48. The molecule has 4 aromatic rings. The lowest BCUT2D eigenvalue weighted by atomic mass is 9.94. The number of nitrogens with one attached hydrogen (secondary N) is 1. The lowest BCUT2D eigenvalue weighted by Crippen LogP contribution is -2.65. The summed E-state index contributed by atoms with van der Waals surface area (Å²) >= 11 is 0. The fraction of sp³-hybridized carbons (Fsp3) is 0.214. The number of para-hydroxylation sites is 4. The first-order valence-corrected chi connectivity index (χ1v) is 13.8. The Morgan fingerprint density at radius 1 is 0.868 bits per heavy atom. The predicted octanol–water partition coefficient (Wildman–Crippen LogP) is 3.63. The molecule has 1 saturated heterocycles. The Hall–Kier alpha value is -3.99. The molecule has 3 atom stereocenters. The van der Waals surface area contributed by atoms with E-state index in [2.05, 4.69) is 14.7 Å². The van der Waals surface area contributed by atoms with E-state index in [0.717, 1.165) is 16.9 Å². The van der Waals surface area contributed by atoms with Gasteiger partial charge in [0.2, 0.25) is 16.0 Å². The van der Waals surface area contributed by atoms with Gasteiger partial charge in [-0.25, -0.2) is 23.1 Å². The highest BCUT2D eigenvalue weighted by Gasteiger charge is 2.44. The molecule has 0 aliphatic carbocycles. The van der Waals surface area contributed by atoms with E-state index in [9.17, 15) is 13.5 Å². The van der Waals surface area contributed by atoms with Gasteiger partial charge in [0.25, 0.3) is 0 Å². The highest BCUT2D eigenvalue weighted by atomic mass is 32.2. The molecule has 1 aromatic heterocycles. The van der Waals surface area contributed by atoms with Crippen LogP contribution in [0.15, 0.2) is 96.2 Å². The molecule has 3 heterocycles. The number of nitrogens with zero attached hydrogens (tertiary/aromatic N) is 4. The Bertz CT molecular complexity index is 1500. The number of hydrogen-bond donors (Lipinski definition) is 2. The van der Waals surface area contributed by atoms with Crippen molar-refractivity contribution in [3.05, 3.63) is 96.8 Å². The summed E-state index contributed by atoms with van der Waals surface area (Å²) in [6.07, 6.45) is 2.23. The first kappa shape index (κ1) is 24.4. The van der Waals surface area contributed by atoms with E-state index in [1.165, 1.54) is 0 Å². The zero-order valence-corrected chi connectivity index (χ0v) is 21.5. The molecular weight excluding hydrogens is 502 g/mol. The van der Waals surface area contributed by atoms with E-state index in [1.54, 1.807) is 42.7 Å². The van der Waals surface area contributed by atoms with Crippen LogP contribution in [0.3, 0.4) is 0 Å². The molecule has 1 fully saturated rings. The highest BCUT2D eigenvalue weighted by molar-refractivity contribution is 7.89. The second-order valence-electron chi connectivity index (χ2n) is 9.46. The largest absolute Gasteiger partial charge is 0.453 e. The van der Waals surface area contributed by atoms with Crippen molar-refractivity contribution in [3.8, 4) is 11.5 Å². The van der Waals surface area contributed by atoms with Crippen LogP contribution >= 0.6 is 0 Å². The lowest BCUT2D eigenvalue weighted by molar-refractivity contribution is 0.0973. The number of anilines is 3. The Labute approximate surface area is 221 Å². The average Bonchev–Trinajstić information content (AvgIpc) is 2.93. The van der Waals surface area contributed by atoms with Gasteiger partial charge >= 0.3 is 0 Å². The Morgan fingerprint density at radius 3 is 2.11 bits per heavy atom. The van der Waals surface area contributed by atoms with Crippen LogP contribution in [-0.2, 0) is 10.0 Å². The van der Waals surface area contributed by atoms with Crippen molar-refractivity contribution in [3.63, 3.8) is 0 Å². The number of ether oxygens (including phenoxy) is 1. The van der Waals surface area contributed by atoms with E-state index >= 15 is 0 Å². The number of aliphatic hydroxyl groups is 1. The monoisotopic (exact) mass is 529 g/mol. The average molecular weight is 530 g/mol. The van der Waals surface area contributed by atoms with E-state index in [4.69, 9.17) is 4.74 Å². The van der Waals surface area contributed by atoms with Crippen LogP contribution in [0.25, 0.3) is 0 Å². The summed E-state index contributed by atoms with van der Waals surface area (Å²) in [7, 11) is -3.91. The molecule has 0 bridgehead atoms. The molecule has 2 aliphatic rings. The van der Waals surface area contributed by atoms with Gasteiger partial charge in [-0.1, -0.05) is 42.0 Å². The summed E-state index contributed by atoms with van der Waals surface area (Å²) in [4.78, 5) is 12.9. The first-order valence-electron chi connectivity index (χ1n) is 12.3. The molecule has 38 heavy (non-hydrogen) atoms. The number of aryl methyl sites for hydroxylation is 1. The quantitative estimate of drug-likeness (QED) is 0.404. The molecule has 2 aliphatic heterocycles. The van der Waals surface area contributed by atoms with E-state index in [-0.39, 0.29) is 11.4 Å². The van der Waals surface area contributed by atoms with Gasteiger partial charge in [-0.05, 0) is 49.4 Å². The zero-order valence-electron chi connectivity index (χ0n) is 20.7. The molecule has 194 valence electrons. The van der Waals surface area contributed by atoms with E-state index < -0.39 is 28.2 Å². The van der Waals surface area contributed by atoms with E-state index in [0.29, 0.717) is 24.0 Å². The van der Waals surface area contributed by atoms with Gasteiger partial charge in [0.1, 0.15) is 0 Å². The molecule has 10 heteroatoms. The second-order valence-corrected chi connectivity index (χ2v) is 11.2. The summed E-state index contributed by atoms with van der Waals surface area (Å²) in [6, 6.07) is 22.2. The maximum atomic E-state index is 13.4. The van der Waals surface area contributed by atoms with Crippen molar-refractivity contribution in [1.82, 2.24) is 14.7 Å². The van der Waals surface area contributed by atoms with Gasteiger partial charge < -0.3 is 19.6 Å².